The Hall–Kier alpha value is -3.28. The number of pyridine rings is 1. The van der Waals surface area contributed by atoms with Crippen molar-refractivity contribution in [2.75, 3.05) is 0 Å². The molecule has 6 heteroatoms. The van der Waals surface area contributed by atoms with Crippen LogP contribution in [0.1, 0.15) is 32.9 Å². The molecule has 0 unspecified atom stereocenters. The molecule has 0 bridgehead atoms. The molecular formula is C19H19N5O. The van der Waals surface area contributed by atoms with Crippen LogP contribution in [0.4, 0.5) is 0 Å². The van der Waals surface area contributed by atoms with Gasteiger partial charge in [0.05, 0.1) is 18.5 Å². The average Bonchev–Trinajstić information content (AvgIpc) is 2.93. The average molecular weight is 333 g/mol. The van der Waals surface area contributed by atoms with Gasteiger partial charge in [-0.3, -0.25) is 14.5 Å². The Labute approximate surface area is 146 Å². The van der Waals surface area contributed by atoms with Crippen molar-refractivity contribution in [3.63, 3.8) is 0 Å². The molecule has 2 aromatic heterocycles. The lowest BCUT2D eigenvalue weighted by Crippen LogP contribution is -2.18. The zero-order chi connectivity index (χ0) is 17.6. The molecule has 3 rings (SSSR count). The standard InChI is InChI=1S/C19H19N5O/c1-14-9-15(2)24(23-14)13-16-5-3-7-18(10-16)19(25)22-21-12-17-6-4-8-20-11-17/h3-12H,13H2,1-2H3,(H,22,25)/b21-12-. The molecule has 1 aromatic carbocycles. The van der Waals surface area contributed by atoms with E-state index in [0.29, 0.717) is 12.1 Å². The van der Waals surface area contributed by atoms with Crippen molar-refractivity contribution in [3.05, 3.63) is 82.9 Å². The number of rotatable bonds is 5. The Kier molecular flexibility index (Phi) is 4.99. The van der Waals surface area contributed by atoms with Crippen LogP contribution in [0, 0.1) is 13.8 Å². The van der Waals surface area contributed by atoms with Crippen LogP contribution in [0.2, 0.25) is 0 Å². The maximum atomic E-state index is 12.2. The highest BCUT2D eigenvalue weighted by Crippen LogP contribution is 2.10. The minimum Gasteiger partial charge on any atom is -0.267 e. The Balaban J connectivity index is 1.67. The quantitative estimate of drug-likeness (QED) is 0.576. The first-order valence-electron chi connectivity index (χ1n) is 7.95. The zero-order valence-electron chi connectivity index (χ0n) is 14.2. The molecule has 0 atom stereocenters. The van der Waals surface area contributed by atoms with Gasteiger partial charge in [0, 0.05) is 29.2 Å². The van der Waals surface area contributed by atoms with Crippen LogP contribution in [-0.4, -0.2) is 26.9 Å². The highest BCUT2D eigenvalue weighted by molar-refractivity contribution is 5.95. The first-order chi connectivity index (χ1) is 12.1. The van der Waals surface area contributed by atoms with Crippen molar-refractivity contribution < 1.29 is 4.79 Å². The summed E-state index contributed by atoms with van der Waals surface area (Å²) in [6, 6.07) is 13.2. The number of nitrogens with one attached hydrogen (secondary N) is 1. The van der Waals surface area contributed by atoms with Crippen LogP contribution in [0.15, 0.2) is 60.0 Å². The van der Waals surface area contributed by atoms with E-state index in [9.17, 15) is 4.79 Å². The van der Waals surface area contributed by atoms with Gasteiger partial charge in [-0.25, -0.2) is 5.43 Å². The Morgan fingerprint density at radius 2 is 2.12 bits per heavy atom. The van der Waals surface area contributed by atoms with E-state index in [1.165, 1.54) is 0 Å². The lowest BCUT2D eigenvalue weighted by molar-refractivity contribution is 0.0955. The fourth-order valence-corrected chi connectivity index (χ4v) is 2.50. The maximum Gasteiger partial charge on any atom is 0.271 e. The number of carbonyl (C=O) groups is 1. The minimum absolute atomic E-state index is 0.254. The molecule has 0 saturated carbocycles. The highest BCUT2D eigenvalue weighted by atomic mass is 16.2. The van der Waals surface area contributed by atoms with E-state index in [1.807, 2.05) is 54.9 Å². The molecule has 0 spiro atoms. The number of benzene rings is 1. The molecule has 25 heavy (non-hydrogen) atoms. The molecule has 6 nitrogen and oxygen atoms in total. The van der Waals surface area contributed by atoms with Crippen molar-refractivity contribution in [3.8, 4) is 0 Å². The van der Waals surface area contributed by atoms with Crippen molar-refractivity contribution in [2.45, 2.75) is 20.4 Å². The number of aryl methyl sites for hydroxylation is 2. The third-order valence-corrected chi connectivity index (χ3v) is 3.69. The summed E-state index contributed by atoms with van der Waals surface area (Å²) >= 11 is 0. The van der Waals surface area contributed by atoms with Crippen LogP contribution < -0.4 is 5.43 Å². The second-order valence-electron chi connectivity index (χ2n) is 5.77. The van der Waals surface area contributed by atoms with E-state index < -0.39 is 0 Å². The molecule has 3 aromatic rings. The summed E-state index contributed by atoms with van der Waals surface area (Å²) in [5.41, 5.74) is 7.00. The summed E-state index contributed by atoms with van der Waals surface area (Å²) in [5, 5.41) is 8.42. The zero-order valence-corrected chi connectivity index (χ0v) is 14.2. The van der Waals surface area contributed by atoms with Crippen LogP contribution >= 0.6 is 0 Å². The number of hydrogen-bond donors (Lipinski definition) is 1. The minimum atomic E-state index is -0.254. The molecule has 0 fully saturated rings. The second-order valence-corrected chi connectivity index (χ2v) is 5.77. The van der Waals surface area contributed by atoms with Gasteiger partial charge in [-0.2, -0.15) is 10.2 Å². The lowest BCUT2D eigenvalue weighted by Gasteiger charge is -2.06. The molecule has 0 aliphatic heterocycles. The molecule has 2 heterocycles. The summed E-state index contributed by atoms with van der Waals surface area (Å²) in [4.78, 5) is 16.2. The largest absolute Gasteiger partial charge is 0.271 e. The van der Waals surface area contributed by atoms with Crippen molar-refractivity contribution in [1.29, 1.82) is 0 Å². The molecule has 0 saturated heterocycles. The van der Waals surface area contributed by atoms with E-state index >= 15 is 0 Å². The Bertz CT molecular complexity index is 899. The predicted octanol–water partition coefficient (Wildman–Crippen LogP) is 2.71. The first kappa shape index (κ1) is 16.6. The number of aromatic nitrogens is 3. The summed E-state index contributed by atoms with van der Waals surface area (Å²) in [7, 11) is 0. The van der Waals surface area contributed by atoms with Gasteiger partial charge in [-0.1, -0.05) is 18.2 Å². The molecule has 126 valence electrons. The lowest BCUT2D eigenvalue weighted by atomic mass is 10.1. The SMILES string of the molecule is Cc1cc(C)n(Cc2cccc(C(=O)N/N=C\c3cccnc3)c2)n1. The van der Waals surface area contributed by atoms with Crippen LogP contribution in [0.25, 0.3) is 0 Å². The second kappa shape index (κ2) is 7.53. The number of amides is 1. The van der Waals surface area contributed by atoms with Crippen LogP contribution in [0.5, 0.6) is 0 Å². The van der Waals surface area contributed by atoms with E-state index in [1.54, 1.807) is 24.7 Å². The van der Waals surface area contributed by atoms with Gasteiger partial charge in [0.2, 0.25) is 0 Å². The third kappa shape index (κ3) is 4.38. The highest BCUT2D eigenvalue weighted by Gasteiger charge is 2.07. The molecule has 0 aliphatic carbocycles. The van der Waals surface area contributed by atoms with Gasteiger partial charge in [0.1, 0.15) is 0 Å². The fourth-order valence-electron chi connectivity index (χ4n) is 2.50. The van der Waals surface area contributed by atoms with E-state index in [-0.39, 0.29) is 5.91 Å². The fraction of sp³-hybridized carbons (Fsp3) is 0.158. The van der Waals surface area contributed by atoms with E-state index in [0.717, 1.165) is 22.5 Å². The van der Waals surface area contributed by atoms with Crippen molar-refractivity contribution >= 4 is 12.1 Å². The van der Waals surface area contributed by atoms with Gasteiger partial charge in [0.15, 0.2) is 0 Å². The number of nitrogens with zero attached hydrogens (tertiary/aromatic N) is 4. The normalized spacial score (nSPS) is 11.0. The summed E-state index contributed by atoms with van der Waals surface area (Å²) in [5.74, 6) is -0.254. The van der Waals surface area contributed by atoms with Crippen molar-refractivity contribution in [2.24, 2.45) is 5.10 Å². The van der Waals surface area contributed by atoms with E-state index in [4.69, 9.17) is 0 Å². The molecule has 0 radical (unpaired) electrons. The number of hydrogen-bond acceptors (Lipinski definition) is 4. The Morgan fingerprint density at radius 3 is 2.84 bits per heavy atom. The predicted molar refractivity (Wildman–Crippen MR) is 96.5 cm³/mol. The molecule has 1 amide bonds. The third-order valence-electron chi connectivity index (χ3n) is 3.69. The maximum absolute atomic E-state index is 12.2. The van der Waals surface area contributed by atoms with Crippen LogP contribution in [-0.2, 0) is 6.54 Å². The van der Waals surface area contributed by atoms with Gasteiger partial charge in [-0.15, -0.1) is 0 Å². The van der Waals surface area contributed by atoms with Gasteiger partial charge < -0.3 is 0 Å². The van der Waals surface area contributed by atoms with Crippen molar-refractivity contribution in [1.82, 2.24) is 20.2 Å². The Morgan fingerprint density at radius 1 is 1.24 bits per heavy atom. The van der Waals surface area contributed by atoms with E-state index in [2.05, 4.69) is 20.6 Å². The van der Waals surface area contributed by atoms with Gasteiger partial charge >= 0.3 is 0 Å². The van der Waals surface area contributed by atoms with Gasteiger partial charge in [-0.05, 0) is 43.7 Å². The molecule has 0 aliphatic rings. The van der Waals surface area contributed by atoms with Crippen LogP contribution in [0.3, 0.4) is 0 Å². The summed E-state index contributed by atoms with van der Waals surface area (Å²) in [6.45, 7) is 4.61. The number of hydrazone groups is 1. The van der Waals surface area contributed by atoms with Gasteiger partial charge in [0.25, 0.3) is 5.91 Å². The summed E-state index contributed by atoms with van der Waals surface area (Å²) in [6.07, 6.45) is 4.92. The summed E-state index contributed by atoms with van der Waals surface area (Å²) < 4.78 is 1.92. The smallest absolute Gasteiger partial charge is 0.267 e. The first-order valence-corrected chi connectivity index (χ1v) is 7.95. The topological polar surface area (TPSA) is 72.2 Å². The molecular weight excluding hydrogens is 314 g/mol. The monoisotopic (exact) mass is 333 g/mol. The number of carbonyl (C=O) groups excluding carboxylic acids is 1. The molecule has 1 N–H and O–H groups in total.